The molecule has 4 saturated heterocycles. The third kappa shape index (κ3) is 5.04. The van der Waals surface area contributed by atoms with Gasteiger partial charge < -0.3 is 24.4 Å². The minimum absolute atomic E-state index is 0.0599. The number of pyridine rings is 2. The molecule has 0 aliphatic carbocycles. The van der Waals surface area contributed by atoms with Crippen molar-refractivity contribution in [3.05, 3.63) is 60.3 Å². The van der Waals surface area contributed by atoms with Crippen LogP contribution in [-0.2, 0) is 11.2 Å². The van der Waals surface area contributed by atoms with Crippen LogP contribution in [0, 0.1) is 11.3 Å². The van der Waals surface area contributed by atoms with Crippen LogP contribution in [0.4, 0.5) is 5.82 Å². The first-order valence-electron chi connectivity index (χ1n) is 16.0. The van der Waals surface area contributed by atoms with Gasteiger partial charge in [0.15, 0.2) is 0 Å². The van der Waals surface area contributed by atoms with Gasteiger partial charge in [-0.15, -0.1) is 0 Å². The summed E-state index contributed by atoms with van der Waals surface area (Å²) in [6, 6.07) is 6.81. The van der Waals surface area contributed by atoms with Gasteiger partial charge in [-0.1, -0.05) is 6.07 Å². The Balaban J connectivity index is 1.06. The molecule has 41 heavy (non-hydrogen) atoms. The minimum atomic E-state index is -2.63. The third-order valence-corrected chi connectivity index (χ3v) is 7.68. The zero-order chi connectivity index (χ0) is 32.1. The second-order valence-corrected chi connectivity index (χ2v) is 10.3. The molecule has 2 unspecified atom stereocenters. The van der Waals surface area contributed by atoms with Crippen molar-refractivity contribution in [3.8, 4) is 29.0 Å². The Morgan fingerprint density at radius 3 is 2.85 bits per heavy atom. The highest BCUT2D eigenvalue weighted by Gasteiger charge is 2.44. The standard InChI is InChI=1S/C29H31N9O3/c1-39-28-3-2-19(9-34-28)14-37-21-6-22(37)16-36(15-21)27-13-32-26(12-33-27)25-7-23(41-18-24-11-31-4-5-40-24)17-38-29(25)20(8-30)10-35-38/h2-3,7,9-10,12-13,17,21-22,24,31H,4-6,11,14-16,18H2,1H3/t21?,22?,24-/m1/s1/i1D3,14D2. The van der Waals surface area contributed by atoms with Crippen molar-refractivity contribution in [1.29, 1.82) is 5.26 Å². The summed E-state index contributed by atoms with van der Waals surface area (Å²) in [6.07, 6.45) is 8.72. The Morgan fingerprint density at radius 1 is 1.20 bits per heavy atom. The van der Waals surface area contributed by atoms with E-state index in [0.29, 0.717) is 72.3 Å². The van der Waals surface area contributed by atoms with E-state index in [0.717, 1.165) is 13.0 Å². The topological polar surface area (TPSA) is 126 Å². The number of anilines is 1. The number of nitrogens with zero attached hydrogens (tertiary/aromatic N) is 8. The largest absolute Gasteiger partial charge is 0.489 e. The average molecular weight is 559 g/mol. The van der Waals surface area contributed by atoms with Gasteiger partial charge in [0.2, 0.25) is 5.88 Å². The fraction of sp³-hybridized carbons (Fsp3) is 0.414. The van der Waals surface area contributed by atoms with Gasteiger partial charge in [0.25, 0.3) is 0 Å². The van der Waals surface area contributed by atoms with Crippen molar-refractivity contribution in [3.63, 3.8) is 0 Å². The van der Waals surface area contributed by atoms with Gasteiger partial charge in [-0.2, -0.15) is 10.4 Å². The Hall–Kier alpha value is -4.31. The van der Waals surface area contributed by atoms with Crippen LogP contribution in [0.1, 0.15) is 24.4 Å². The minimum Gasteiger partial charge on any atom is -0.489 e. The number of piperidine rings is 1. The Bertz CT molecular complexity index is 1740. The number of fused-ring (bicyclic) bond motifs is 3. The van der Waals surface area contributed by atoms with Gasteiger partial charge >= 0.3 is 0 Å². The third-order valence-electron chi connectivity index (χ3n) is 7.68. The van der Waals surface area contributed by atoms with E-state index in [4.69, 9.17) is 31.0 Å². The van der Waals surface area contributed by atoms with E-state index in [1.54, 1.807) is 23.1 Å². The Morgan fingerprint density at radius 2 is 2.12 bits per heavy atom. The maximum atomic E-state index is 9.73. The highest BCUT2D eigenvalue weighted by Crippen LogP contribution is 2.36. The molecule has 8 rings (SSSR count). The fourth-order valence-electron chi connectivity index (χ4n) is 5.63. The number of hydrogen-bond acceptors (Lipinski definition) is 11. The van der Waals surface area contributed by atoms with E-state index < -0.39 is 13.5 Å². The van der Waals surface area contributed by atoms with Crippen LogP contribution < -0.4 is 19.7 Å². The van der Waals surface area contributed by atoms with Crippen LogP contribution in [0.3, 0.4) is 0 Å². The smallest absolute Gasteiger partial charge is 0.212 e. The lowest BCUT2D eigenvalue weighted by molar-refractivity contribution is -0.00879. The van der Waals surface area contributed by atoms with E-state index in [1.165, 1.54) is 24.5 Å². The first kappa shape index (κ1) is 20.5. The maximum absolute atomic E-state index is 9.73. The number of piperazine rings is 1. The zero-order valence-electron chi connectivity index (χ0n) is 27.1. The number of morpholine rings is 1. The lowest BCUT2D eigenvalue weighted by Gasteiger charge is -2.56. The molecule has 4 aliphatic heterocycles. The van der Waals surface area contributed by atoms with Crippen molar-refractivity contribution >= 4 is 11.3 Å². The molecule has 12 nitrogen and oxygen atoms in total. The van der Waals surface area contributed by atoms with E-state index in [2.05, 4.69) is 26.4 Å². The fourth-order valence-corrected chi connectivity index (χ4v) is 5.63. The van der Waals surface area contributed by atoms with Crippen molar-refractivity contribution in [2.75, 3.05) is 51.3 Å². The SMILES string of the molecule is [2H]C([2H])([2H])Oc1ccc(C([2H])([2H])N2C3CC2CN(c2cnc(-c4cc(OC[C@H]5CNCCO5)cn5ncc(C#N)c45)cn2)C3)cn1. The average Bonchev–Trinajstić information content (AvgIpc) is 3.46. The van der Waals surface area contributed by atoms with E-state index >= 15 is 0 Å². The number of nitriles is 1. The van der Waals surface area contributed by atoms with Gasteiger partial charge in [-0.3, -0.25) is 9.88 Å². The number of methoxy groups -OCH3 is 1. The van der Waals surface area contributed by atoms with Crippen LogP contribution in [-0.4, -0.2) is 94.1 Å². The molecule has 4 aromatic heterocycles. The summed E-state index contributed by atoms with van der Waals surface area (Å²) < 4.78 is 57.6. The molecule has 4 fully saturated rings. The Labute approximate surface area is 244 Å². The molecule has 0 saturated carbocycles. The molecule has 4 aliphatic rings. The van der Waals surface area contributed by atoms with Crippen LogP contribution >= 0.6 is 0 Å². The lowest BCUT2D eigenvalue weighted by Crippen LogP contribution is -2.68. The van der Waals surface area contributed by atoms with Gasteiger partial charge in [0.1, 0.15) is 30.3 Å². The molecule has 1 N–H and O–H groups in total. The summed E-state index contributed by atoms with van der Waals surface area (Å²) in [5.74, 6) is 1.15. The van der Waals surface area contributed by atoms with Crippen LogP contribution in [0.2, 0.25) is 0 Å². The summed E-state index contributed by atoms with van der Waals surface area (Å²) in [6.45, 7) is 1.83. The number of aromatic nitrogens is 5. The molecule has 3 atom stereocenters. The first-order valence-corrected chi connectivity index (χ1v) is 13.5. The Kier molecular flexibility index (Phi) is 5.48. The second kappa shape index (κ2) is 10.9. The van der Waals surface area contributed by atoms with Crippen molar-refractivity contribution in [2.45, 2.75) is 31.1 Å². The van der Waals surface area contributed by atoms with Gasteiger partial charge in [0, 0.05) is 65.3 Å². The maximum Gasteiger partial charge on any atom is 0.212 e. The molecule has 0 aromatic carbocycles. The summed E-state index contributed by atoms with van der Waals surface area (Å²) in [5.41, 5.74) is 2.57. The van der Waals surface area contributed by atoms with Gasteiger partial charge in [0.05, 0.1) is 59.3 Å². The molecule has 0 amide bonds. The van der Waals surface area contributed by atoms with Crippen LogP contribution in [0.15, 0.2) is 49.2 Å². The first-order chi connectivity index (χ1) is 22.1. The molecule has 8 heterocycles. The van der Waals surface area contributed by atoms with Crippen LogP contribution in [0.25, 0.3) is 16.8 Å². The molecular formula is C29H31N9O3. The number of nitrogens with one attached hydrogen (secondary N) is 1. The molecule has 0 radical (unpaired) electrons. The van der Waals surface area contributed by atoms with Crippen molar-refractivity contribution < 1.29 is 21.1 Å². The lowest BCUT2D eigenvalue weighted by atomic mass is 9.87. The van der Waals surface area contributed by atoms with E-state index in [-0.39, 0.29) is 24.1 Å². The highest BCUT2D eigenvalue weighted by atomic mass is 16.5. The van der Waals surface area contributed by atoms with Crippen molar-refractivity contribution in [2.24, 2.45) is 0 Å². The molecule has 2 bridgehead atoms. The molecular weight excluding hydrogens is 522 g/mol. The summed E-state index contributed by atoms with van der Waals surface area (Å²) >= 11 is 0. The zero-order valence-corrected chi connectivity index (χ0v) is 22.1. The quantitative estimate of drug-likeness (QED) is 0.341. The molecule has 4 aromatic rings. The molecule has 0 spiro atoms. The highest BCUT2D eigenvalue weighted by molar-refractivity contribution is 5.83. The van der Waals surface area contributed by atoms with E-state index in [9.17, 15) is 5.26 Å². The predicted molar refractivity (Wildman–Crippen MR) is 150 cm³/mol. The van der Waals surface area contributed by atoms with Gasteiger partial charge in [-0.25, -0.2) is 14.5 Å². The molecule has 12 heteroatoms. The van der Waals surface area contributed by atoms with Gasteiger partial charge in [-0.05, 0) is 18.1 Å². The normalized spacial score (nSPS) is 24.7. The summed E-state index contributed by atoms with van der Waals surface area (Å²) in [7, 11) is -2.63. The van der Waals surface area contributed by atoms with E-state index in [1.807, 2.05) is 11.0 Å². The number of rotatable bonds is 8. The van der Waals surface area contributed by atoms with Crippen LogP contribution in [0.5, 0.6) is 11.6 Å². The molecule has 210 valence electrons. The summed E-state index contributed by atoms with van der Waals surface area (Å²) in [5, 5.41) is 17.4. The number of ether oxygens (including phenoxy) is 3. The van der Waals surface area contributed by atoms with Crippen molar-refractivity contribution in [1.82, 2.24) is 34.8 Å². The summed E-state index contributed by atoms with van der Waals surface area (Å²) in [4.78, 5) is 17.4. The predicted octanol–water partition coefficient (Wildman–Crippen LogP) is 1.90. The second-order valence-electron chi connectivity index (χ2n) is 10.3. The number of hydrogen-bond donors (Lipinski definition) is 1. The monoisotopic (exact) mass is 558 g/mol.